The zero-order valence-corrected chi connectivity index (χ0v) is 12.2. The highest BCUT2D eigenvalue weighted by Crippen LogP contribution is 2.37. The Bertz CT molecular complexity index is 895. The molecule has 0 saturated heterocycles. The molecule has 3 rings (SSSR count). The summed E-state index contributed by atoms with van der Waals surface area (Å²) in [6.45, 7) is 0. The molecule has 0 saturated carbocycles. The lowest BCUT2D eigenvalue weighted by atomic mass is 10.1. The number of oxazole rings is 1. The van der Waals surface area contributed by atoms with Crippen LogP contribution in [0.2, 0.25) is 5.02 Å². The van der Waals surface area contributed by atoms with Crippen molar-refractivity contribution in [3.8, 4) is 11.5 Å². The van der Waals surface area contributed by atoms with Crippen LogP contribution >= 0.6 is 11.6 Å². The first kappa shape index (κ1) is 16.6. The van der Waals surface area contributed by atoms with Crippen molar-refractivity contribution in [3.63, 3.8) is 0 Å². The molecule has 24 heavy (non-hydrogen) atoms. The zero-order valence-electron chi connectivity index (χ0n) is 11.5. The third-order valence-corrected chi connectivity index (χ3v) is 3.51. The minimum absolute atomic E-state index is 0.0698. The molecule has 0 unspecified atom stereocenters. The molecule has 0 spiro atoms. The van der Waals surface area contributed by atoms with Crippen molar-refractivity contribution in [3.05, 3.63) is 52.5 Å². The van der Waals surface area contributed by atoms with E-state index in [1.165, 1.54) is 0 Å². The summed E-state index contributed by atoms with van der Waals surface area (Å²) in [6, 6.07) is 5.35. The molecule has 0 amide bonds. The van der Waals surface area contributed by atoms with E-state index in [9.17, 15) is 26.3 Å². The summed E-state index contributed by atoms with van der Waals surface area (Å²) < 4.78 is 81.2. The van der Waals surface area contributed by atoms with Gasteiger partial charge in [0, 0.05) is 5.56 Å². The molecule has 0 aliphatic heterocycles. The predicted molar refractivity (Wildman–Crippen MR) is 74.5 cm³/mol. The first-order chi connectivity index (χ1) is 11.1. The maximum atomic E-state index is 12.8. The largest absolute Gasteiger partial charge is 0.435 e. The molecule has 9 heteroatoms. The Morgan fingerprint density at radius 1 is 0.833 bits per heavy atom. The van der Waals surface area contributed by atoms with E-state index >= 15 is 0 Å². The third kappa shape index (κ3) is 3.06. The summed E-state index contributed by atoms with van der Waals surface area (Å²) >= 11 is 5.77. The fraction of sp³-hybridized carbons (Fsp3) is 0.133. The third-order valence-electron chi connectivity index (χ3n) is 3.23. The summed E-state index contributed by atoms with van der Waals surface area (Å²) in [6.07, 6.45) is -9.10. The number of aromatic nitrogens is 1. The number of hydrogen-bond donors (Lipinski definition) is 0. The first-order valence-corrected chi connectivity index (χ1v) is 6.78. The average molecular weight is 366 g/mol. The summed E-state index contributed by atoms with van der Waals surface area (Å²) in [5.41, 5.74) is -1.87. The van der Waals surface area contributed by atoms with Gasteiger partial charge in [0.15, 0.2) is 5.58 Å². The van der Waals surface area contributed by atoms with Crippen LogP contribution in [0.5, 0.6) is 0 Å². The second-order valence-electron chi connectivity index (χ2n) is 4.90. The van der Waals surface area contributed by atoms with Gasteiger partial charge >= 0.3 is 12.4 Å². The molecule has 2 nitrogen and oxygen atoms in total. The highest BCUT2D eigenvalue weighted by atomic mass is 35.5. The minimum Gasteiger partial charge on any atom is -0.435 e. The molecule has 0 radical (unpaired) electrons. The van der Waals surface area contributed by atoms with Gasteiger partial charge in [-0.15, -0.1) is 0 Å². The number of rotatable bonds is 1. The monoisotopic (exact) mass is 365 g/mol. The van der Waals surface area contributed by atoms with Gasteiger partial charge in [0.2, 0.25) is 5.89 Å². The van der Waals surface area contributed by atoms with Gasteiger partial charge in [-0.3, -0.25) is 0 Å². The molecule has 1 heterocycles. The lowest BCUT2D eigenvalue weighted by Crippen LogP contribution is -2.04. The second-order valence-corrected chi connectivity index (χ2v) is 5.31. The molecule has 0 fully saturated rings. The maximum Gasteiger partial charge on any atom is 0.416 e. The zero-order chi connectivity index (χ0) is 17.7. The quantitative estimate of drug-likeness (QED) is 0.481. The predicted octanol–water partition coefficient (Wildman–Crippen LogP) is 6.19. The smallest absolute Gasteiger partial charge is 0.416 e. The number of hydrogen-bond acceptors (Lipinski definition) is 2. The molecule has 3 aromatic rings. The van der Waals surface area contributed by atoms with Crippen LogP contribution < -0.4 is 0 Å². The fourth-order valence-electron chi connectivity index (χ4n) is 2.08. The van der Waals surface area contributed by atoms with Crippen molar-refractivity contribution in [1.82, 2.24) is 4.98 Å². The van der Waals surface area contributed by atoms with Crippen LogP contribution in [-0.2, 0) is 12.4 Å². The number of nitrogens with zero attached hydrogens (tertiary/aromatic N) is 1. The van der Waals surface area contributed by atoms with Crippen molar-refractivity contribution in [2.45, 2.75) is 12.4 Å². The van der Waals surface area contributed by atoms with Gasteiger partial charge in [0.1, 0.15) is 5.52 Å². The molecular formula is C15H6ClF6NO. The van der Waals surface area contributed by atoms with Gasteiger partial charge < -0.3 is 4.42 Å². The Morgan fingerprint density at radius 2 is 1.42 bits per heavy atom. The molecule has 0 aliphatic rings. The molecule has 2 aromatic carbocycles. The molecule has 0 atom stereocenters. The lowest BCUT2D eigenvalue weighted by Gasteiger charge is -2.06. The topological polar surface area (TPSA) is 26.0 Å². The van der Waals surface area contributed by atoms with Crippen LogP contribution in [0.1, 0.15) is 11.1 Å². The summed E-state index contributed by atoms with van der Waals surface area (Å²) in [7, 11) is 0. The van der Waals surface area contributed by atoms with E-state index in [1.54, 1.807) is 0 Å². The second kappa shape index (κ2) is 5.41. The van der Waals surface area contributed by atoms with Crippen LogP contribution in [-0.4, -0.2) is 4.98 Å². The number of alkyl halides is 6. The Kier molecular flexibility index (Phi) is 3.75. The van der Waals surface area contributed by atoms with Crippen LogP contribution in [0.15, 0.2) is 40.8 Å². The van der Waals surface area contributed by atoms with E-state index in [4.69, 9.17) is 16.0 Å². The highest BCUT2D eigenvalue weighted by molar-refractivity contribution is 6.34. The SMILES string of the molecule is FC(F)(F)c1ccc(-c2nc3cc(C(F)(F)F)cc(Cl)c3o2)cc1. The van der Waals surface area contributed by atoms with Gasteiger partial charge in [-0.1, -0.05) is 11.6 Å². The van der Waals surface area contributed by atoms with Gasteiger partial charge in [-0.05, 0) is 36.4 Å². The molecule has 0 bridgehead atoms. The summed E-state index contributed by atoms with van der Waals surface area (Å²) in [4.78, 5) is 3.88. The van der Waals surface area contributed by atoms with E-state index < -0.39 is 23.5 Å². The number of benzene rings is 2. The Labute approximate surface area is 135 Å². The molecule has 126 valence electrons. The van der Waals surface area contributed by atoms with Gasteiger partial charge in [0.05, 0.1) is 16.1 Å². The normalized spacial score (nSPS) is 12.8. The van der Waals surface area contributed by atoms with E-state index in [2.05, 4.69) is 4.98 Å². The number of halogens is 7. The Hall–Kier alpha value is -2.22. The van der Waals surface area contributed by atoms with E-state index in [-0.39, 0.29) is 27.6 Å². The summed E-state index contributed by atoms with van der Waals surface area (Å²) in [5, 5.41) is -0.287. The lowest BCUT2D eigenvalue weighted by molar-refractivity contribution is -0.138. The average Bonchev–Trinajstić information content (AvgIpc) is 2.90. The highest BCUT2D eigenvalue weighted by Gasteiger charge is 2.32. The van der Waals surface area contributed by atoms with Crippen molar-refractivity contribution in [2.24, 2.45) is 0 Å². The van der Waals surface area contributed by atoms with E-state index in [0.717, 1.165) is 30.3 Å². The Balaban J connectivity index is 2.06. The van der Waals surface area contributed by atoms with Gasteiger partial charge in [-0.2, -0.15) is 26.3 Å². The maximum absolute atomic E-state index is 12.8. The molecule has 0 N–H and O–H groups in total. The van der Waals surface area contributed by atoms with Crippen LogP contribution in [0.3, 0.4) is 0 Å². The summed E-state index contributed by atoms with van der Waals surface area (Å²) in [5.74, 6) is -0.125. The fourth-order valence-corrected chi connectivity index (χ4v) is 2.33. The standard InChI is InChI=1S/C15H6ClF6NO/c16-10-5-9(15(20,21)22)6-11-12(10)24-13(23-11)7-1-3-8(4-2-7)14(17,18)19/h1-6H. The Morgan fingerprint density at radius 3 is 1.96 bits per heavy atom. The molecule has 0 aliphatic carbocycles. The van der Waals surface area contributed by atoms with Crippen molar-refractivity contribution in [2.75, 3.05) is 0 Å². The van der Waals surface area contributed by atoms with Crippen LogP contribution in [0.4, 0.5) is 26.3 Å². The van der Waals surface area contributed by atoms with Crippen molar-refractivity contribution >= 4 is 22.7 Å². The van der Waals surface area contributed by atoms with Gasteiger partial charge in [0.25, 0.3) is 0 Å². The van der Waals surface area contributed by atoms with Crippen LogP contribution in [0, 0.1) is 0 Å². The van der Waals surface area contributed by atoms with E-state index in [1.807, 2.05) is 0 Å². The first-order valence-electron chi connectivity index (χ1n) is 6.40. The molecule has 1 aromatic heterocycles. The van der Waals surface area contributed by atoms with Crippen molar-refractivity contribution < 1.29 is 30.8 Å². The van der Waals surface area contributed by atoms with Crippen LogP contribution in [0.25, 0.3) is 22.6 Å². The van der Waals surface area contributed by atoms with E-state index in [0.29, 0.717) is 6.07 Å². The molecular weight excluding hydrogens is 360 g/mol. The number of fused-ring (bicyclic) bond motifs is 1. The van der Waals surface area contributed by atoms with Crippen molar-refractivity contribution in [1.29, 1.82) is 0 Å². The van der Waals surface area contributed by atoms with Gasteiger partial charge in [-0.25, -0.2) is 4.98 Å². The minimum atomic E-state index is -4.61.